The van der Waals surface area contributed by atoms with Gasteiger partial charge in [-0.3, -0.25) is 4.99 Å². The van der Waals surface area contributed by atoms with Crippen LogP contribution in [0, 0.1) is 5.92 Å². The molecule has 0 spiro atoms. The molecule has 25 heavy (non-hydrogen) atoms. The molecule has 1 unspecified atom stereocenters. The van der Waals surface area contributed by atoms with E-state index in [1.165, 1.54) is 19.3 Å². The summed E-state index contributed by atoms with van der Waals surface area (Å²) in [6.07, 6.45) is 8.41. The van der Waals surface area contributed by atoms with Crippen LogP contribution in [0.25, 0.3) is 0 Å². The number of halogens is 1. The van der Waals surface area contributed by atoms with Gasteiger partial charge in [0.25, 0.3) is 0 Å². The summed E-state index contributed by atoms with van der Waals surface area (Å²) in [6, 6.07) is 0. The second-order valence-corrected chi connectivity index (χ2v) is 7.37. The SMILES string of the molecule is CCCOC1(CN=C(NCC)N(C)CC2CCOC2)CCCCC1.I. The van der Waals surface area contributed by atoms with Crippen LogP contribution in [-0.2, 0) is 9.47 Å². The second kappa shape index (κ2) is 12.3. The summed E-state index contributed by atoms with van der Waals surface area (Å²) in [5, 5.41) is 3.45. The lowest BCUT2D eigenvalue weighted by molar-refractivity contribution is -0.0625. The summed E-state index contributed by atoms with van der Waals surface area (Å²) in [5.41, 5.74) is -0.0355. The lowest BCUT2D eigenvalue weighted by Crippen LogP contribution is -2.44. The van der Waals surface area contributed by atoms with Gasteiger partial charge >= 0.3 is 0 Å². The zero-order valence-electron chi connectivity index (χ0n) is 16.4. The topological polar surface area (TPSA) is 46.1 Å². The molecular formula is C19H38IN3O2. The summed E-state index contributed by atoms with van der Waals surface area (Å²) in [5.74, 6) is 1.63. The van der Waals surface area contributed by atoms with Crippen molar-refractivity contribution in [1.29, 1.82) is 0 Å². The molecular weight excluding hydrogens is 429 g/mol. The third-order valence-electron chi connectivity index (χ3n) is 5.15. The Morgan fingerprint density at radius 2 is 2.04 bits per heavy atom. The van der Waals surface area contributed by atoms with Gasteiger partial charge in [0.2, 0.25) is 0 Å². The van der Waals surface area contributed by atoms with Crippen LogP contribution in [0.4, 0.5) is 0 Å². The van der Waals surface area contributed by atoms with Crippen molar-refractivity contribution in [3.8, 4) is 0 Å². The third-order valence-corrected chi connectivity index (χ3v) is 5.15. The molecule has 1 N–H and O–H groups in total. The predicted molar refractivity (Wildman–Crippen MR) is 115 cm³/mol. The van der Waals surface area contributed by atoms with E-state index in [0.29, 0.717) is 5.92 Å². The fourth-order valence-electron chi connectivity index (χ4n) is 3.75. The number of nitrogens with zero attached hydrogens (tertiary/aromatic N) is 2. The Kier molecular flexibility index (Phi) is 11.3. The first-order chi connectivity index (χ1) is 11.7. The molecule has 0 aromatic heterocycles. The Morgan fingerprint density at radius 1 is 1.28 bits per heavy atom. The molecule has 1 heterocycles. The minimum Gasteiger partial charge on any atom is -0.381 e. The van der Waals surface area contributed by atoms with E-state index in [-0.39, 0.29) is 29.6 Å². The molecule has 1 aliphatic carbocycles. The summed E-state index contributed by atoms with van der Waals surface area (Å²) in [4.78, 5) is 7.23. The predicted octanol–water partition coefficient (Wildman–Crippen LogP) is 3.67. The van der Waals surface area contributed by atoms with Crippen LogP contribution in [0.1, 0.15) is 58.8 Å². The van der Waals surface area contributed by atoms with E-state index < -0.39 is 0 Å². The molecule has 148 valence electrons. The van der Waals surface area contributed by atoms with Gasteiger partial charge in [0.1, 0.15) is 0 Å². The molecule has 0 aromatic rings. The maximum Gasteiger partial charge on any atom is 0.193 e. The average molecular weight is 467 g/mol. The summed E-state index contributed by atoms with van der Waals surface area (Å²) in [6.45, 7) is 9.63. The molecule has 1 atom stereocenters. The van der Waals surface area contributed by atoms with E-state index in [9.17, 15) is 0 Å². The number of hydrogen-bond donors (Lipinski definition) is 1. The lowest BCUT2D eigenvalue weighted by Gasteiger charge is -2.36. The fraction of sp³-hybridized carbons (Fsp3) is 0.947. The van der Waals surface area contributed by atoms with Crippen molar-refractivity contribution < 1.29 is 9.47 Å². The Bertz CT molecular complexity index is 381. The first-order valence-corrected chi connectivity index (χ1v) is 9.90. The van der Waals surface area contributed by atoms with Crippen molar-refractivity contribution >= 4 is 29.9 Å². The number of guanidine groups is 1. The van der Waals surface area contributed by atoms with Gasteiger partial charge in [0.05, 0.1) is 18.8 Å². The maximum absolute atomic E-state index is 6.29. The standard InChI is InChI=1S/C19H37N3O2.HI/c1-4-12-24-19(10-7-6-8-11-19)16-21-18(20-5-2)22(3)14-17-9-13-23-15-17;/h17H,4-16H2,1-3H3,(H,20,21);1H. The van der Waals surface area contributed by atoms with Crippen LogP contribution < -0.4 is 5.32 Å². The largest absolute Gasteiger partial charge is 0.381 e. The summed E-state index contributed by atoms with van der Waals surface area (Å²) < 4.78 is 11.8. The number of hydrogen-bond acceptors (Lipinski definition) is 3. The summed E-state index contributed by atoms with van der Waals surface area (Å²) >= 11 is 0. The van der Waals surface area contributed by atoms with Gasteiger partial charge in [-0.15, -0.1) is 24.0 Å². The van der Waals surface area contributed by atoms with Gasteiger partial charge in [0, 0.05) is 39.3 Å². The van der Waals surface area contributed by atoms with E-state index in [1.807, 2.05) is 0 Å². The highest BCUT2D eigenvalue weighted by Crippen LogP contribution is 2.32. The van der Waals surface area contributed by atoms with E-state index in [1.54, 1.807) is 0 Å². The molecule has 2 rings (SSSR count). The molecule has 0 radical (unpaired) electrons. The van der Waals surface area contributed by atoms with Gasteiger partial charge < -0.3 is 19.7 Å². The van der Waals surface area contributed by atoms with Crippen molar-refractivity contribution in [2.45, 2.75) is 64.4 Å². The first kappa shape index (κ1) is 23.0. The van der Waals surface area contributed by atoms with Crippen LogP contribution in [0.2, 0.25) is 0 Å². The van der Waals surface area contributed by atoms with Crippen LogP contribution >= 0.6 is 24.0 Å². The molecule has 0 aromatic carbocycles. The number of aliphatic imine (C=N–C) groups is 1. The lowest BCUT2D eigenvalue weighted by atomic mass is 9.84. The van der Waals surface area contributed by atoms with Gasteiger partial charge in [-0.1, -0.05) is 26.2 Å². The number of nitrogens with one attached hydrogen (secondary N) is 1. The Labute approximate surface area is 171 Å². The zero-order valence-corrected chi connectivity index (χ0v) is 18.7. The van der Waals surface area contributed by atoms with Crippen LogP contribution in [-0.4, -0.2) is 63.0 Å². The first-order valence-electron chi connectivity index (χ1n) is 9.90. The van der Waals surface area contributed by atoms with Crippen molar-refractivity contribution in [3.63, 3.8) is 0 Å². The van der Waals surface area contributed by atoms with Gasteiger partial charge in [-0.25, -0.2) is 0 Å². The minimum absolute atomic E-state index is 0. The zero-order chi connectivity index (χ0) is 17.3. The van der Waals surface area contributed by atoms with E-state index in [0.717, 1.165) is 71.1 Å². The van der Waals surface area contributed by atoms with Crippen LogP contribution in [0.5, 0.6) is 0 Å². The van der Waals surface area contributed by atoms with Gasteiger partial charge in [-0.2, -0.15) is 0 Å². The molecule has 1 saturated carbocycles. The normalized spacial score (nSPS) is 23.2. The number of ether oxygens (including phenoxy) is 2. The average Bonchev–Trinajstić information content (AvgIpc) is 3.10. The molecule has 1 saturated heterocycles. The van der Waals surface area contributed by atoms with Crippen molar-refractivity contribution in [3.05, 3.63) is 0 Å². The highest BCUT2D eigenvalue weighted by Gasteiger charge is 2.33. The second-order valence-electron chi connectivity index (χ2n) is 7.37. The Hall–Kier alpha value is -0.0800. The van der Waals surface area contributed by atoms with E-state index >= 15 is 0 Å². The number of rotatable bonds is 8. The molecule has 1 aliphatic heterocycles. The van der Waals surface area contributed by atoms with Gasteiger partial charge in [0.15, 0.2) is 5.96 Å². The quantitative estimate of drug-likeness (QED) is 0.336. The minimum atomic E-state index is -0.0355. The monoisotopic (exact) mass is 467 g/mol. The van der Waals surface area contributed by atoms with Crippen molar-refractivity contribution in [2.75, 3.05) is 46.5 Å². The van der Waals surface area contributed by atoms with Crippen LogP contribution in [0.3, 0.4) is 0 Å². The fourth-order valence-corrected chi connectivity index (χ4v) is 3.75. The van der Waals surface area contributed by atoms with Crippen molar-refractivity contribution in [1.82, 2.24) is 10.2 Å². The third kappa shape index (κ3) is 7.59. The van der Waals surface area contributed by atoms with E-state index in [2.05, 4.69) is 31.1 Å². The van der Waals surface area contributed by atoms with Crippen LogP contribution in [0.15, 0.2) is 4.99 Å². The Morgan fingerprint density at radius 3 is 2.64 bits per heavy atom. The molecule has 2 fully saturated rings. The molecule has 0 bridgehead atoms. The molecule has 0 amide bonds. The molecule has 6 heteroatoms. The van der Waals surface area contributed by atoms with Crippen molar-refractivity contribution in [2.24, 2.45) is 10.9 Å². The Balaban J connectivity index is 0.00000312. The smallest absolute Gasteiger partial charge is 0.193 e. The highest BCUT2D eigenvalue weighted by molar-refractivity contribution is 14.0. The maximum atomic E-state index is 6.29. The van der Waals surface area contributed by atoms with Gasteiger partial charge in [-0.05, 0) is 32.6 Å². The highest BCUT2D eigenvalue weighted by atomic mass is 127. The summed E-state index contributed by atoms with van der Waals surface area (Å²) in [7, 11) is 2.14. The van der Waals surface area contributed by atoms with E-state index in [4.69, 9.17) is 14.5 Å². The molecule has 2 aliphatic rings. The molecule has 5 nitrogen and oxygen atoms in total.